The summed E-state index contributed by atoms with van der Waals surface area (Å²) in [5.74, 6) is -0.840. The molecule has 1 aliphatic rings. The molecule has 0 saturated carbocycles. The number of amides is 1. The fourth-order valence-electron chi connectivity index (χ4n) is 5.26. The number of benzene rings is 3. The van der Waals surface area contributed by atoms with Gasteiger partial charge in [0.25, 0.3) is 0 Å². The van der Waals surface area contributed by atoms with Crippen molar-refractivity contribution in [2.45, 2.75) is 75.1 Å². The molecule has 7 nitrogen and oxygen atoms in total. The molecule has 39 heavy (non-hydrogen) atoms. The van der Waals surface area contributed by atoms with Crippen molar-refractivity contribution < 1.29 is 23.4 Å². The molecule has 0 spiro atoms. The van der Waals surface area contributed by atoms with E-state index in [4.69, 9.17) is 0 Å². The van der Waals surface area contributed by atoms with Crippen LogP contribution in [0.2, 0.25) is 0 Å². The Morgan fingerprint density at radius 1 is 0.949 bits per heavy atom. The maximum atomic E-state index is 13.6. The molecule has 3 aromatic carbocycles. The summed E-state index contributed by atoms with van der Waals surface area (Å²) in [6, 6.07) is 23.4. The normalized spacial score (nSPS) is 18.8. The fourth-order valence-corrected chi connectivity index (χ4v) is 6.93. The highest BCUT2D eigenvalue weighted by Gasteiger charge is 2.34. The van der Waals surface area contributed by atoms with E-state index in [0.29, 0.717) is 18.4 Å². The molecule has 1 unspecified atom stereocenters. The summed E-state index contributed by atoms with van der Waals surface area (Å²) in [7, 11) is -3.81. The van der Waals surface area contributed by atoms with Crippen molar-refractivity contribution in [2.75, 3.05) is 0 Å². The van der Waals surface area contributed by atoms with E-state index in [1.807, 2.05) is 54.6 Å². The van der Waals surface area contributed by atoms with Crippen LogP contribution in [0.5, 0.6) is 0 Å². The van der Waals surface area contributed by atoms with E-state index in [0.717, 1.165) is 16.7 Å². The van der Waals surface area contributed by atoms with Gasteiger partial charge in [-0.25, -0.2) is 13.1 Å². The Morgan fingerprint density at radius 2 is 1.59 bits per heavy atom. The van der Waals surface area contributed by atoms with Crippen molar-refractivity contribution in [1.82, 2.24) is 10.0 Å². The molecular formula is C31H38N2O5S. The van der Waals surface area contributed by atoms with Gasteiger partial charge in [-0.05, 0) is 68.4 Å². The molecule has 0 aromatic heterocycles. The Bertz CT molecular complexity index is 1390. The zero-order chi connectivity index (χ0) is 28.2. The summed E-state index contributed by atoms with van der Waals surface area (Å²) in [6.45, 7) is 5.32. The number of hydrogen-bond donors (Lipinski definition) is 4. The van der Waals surface area contributed by atoms with Gasteiger partial charge in [0.2, 0.25) is 15.9 Å². The molecular weight excluding hydrogens is 512 g/mol. The minimum Gasteiger partial charge on any atom is -0.393 e. The van der Waals surface area contributed by atoms with E-state index in [1.54, 1.807) is 39.0 Å². The molecule has 208 valence electrons. The van der Waals surface area contributed by atoms with Crippen molar-refractivity contribution >= 4 is 15.9 Å². The average molecular weight is 551 g/mol. The van der Waals surface area contributed by atoms with Crippen molar-refractivity contribution in [3.05, 3.63) is 101 Å². The molecule has 0 saturated heterocycles. The first-order chi connectivity index (χ1) is 18.4. The van der Waals surface area contributed by atoms with Gasteiger partial charge in [-0.2, -0.15) is 0 Å². The summed E-state index contributed by atoms with van der Waals surface area (Å²) >= 11 is 0. The summed E-state index contributed by atoms with van der Waals surface area (Å²) in [5.41, 5.74) is 2.70. The van der Waals surface area contributed by atoms with Gasteiger partial charge in [-0.15, -0.1) is 0 Å². The van der Waals surface area contributed by atoms with Crippen LogP contribution in [0.15, 0.2) is 83.8 Å². The SMILES string of the molecule is CC(C)(C)NS(=O)(=O)c1ccccc1C[C@@H](O)C[C@H](Cc1ccccc1)C(=O)NC1c2ccccc2C[C@H]1O. The number of carbonyl (C=O) groups excluding carboxylic acids is 1. The lowest BCUT2D eigenvalue weighted by Gasteiger charge is -2.25. The summed E-state index contributed by atoms with van der Waals surface area (Å²) < 4.78 is 28.8. The van der Waals surface area contributed by atoms with Gasteiger partial charge in [-0.3, -0.25) is 4.79 Å². The Labute approximate surface area is 231 Å². The number of sulfonamides is 1. The topological polar surface area (TPSA) is 116 Å². The number of rotatable bonds is 10. The number of aliphatic hydroxyl groups excluding tert-OH is 2. The van der Waals surface area contributed by atoms with Crippen LogP contribution in [0.4, 0.5) is 0 Å². The Morgan fingerprint density at radius 3 is 2.31 bits per heavy atom. The number of fused-ring (bicyclic) bond motifs is 1. The van der Waals surface area contributed by atoms with Crippen LogP contribution < -0.4 is 10.0 Å². The van der Waals surface area contributed by atoms with Crippen LogP contribution in [0.25, 0.3) is 0 Å². The van der Waals surface area contributed by atoms with Crippen LogP contribution in [0, 0.1) is 5.92 Å². The smallest absolute Gasteiger partial charge is 0.241 e. The van der Waals surface area contributed by atoms with Crippen molar-refractivity contribution in [1.29, 1.82) is 0 Å². The molecule has 0 fully saturated rings. The molecule has 0 heterocycles. The van der Waals surface area contributed by atoms with Crippen LogP contribution in [-0.4, -0.2) is 42.3 Å². The zero-order valence-electron chi connectivity index (χ0n) is 22.7. The Kier molecular flexibility index (Phi) is 8.91. The van der Waals surface area contributed by atoms with E-state index in [9.17, 15) is 23.4 Å². The van der Waals surface area contributed by atoms with Crippen LogP contribution in [0.1, 0.15) is 55.5 Å². The van der Waals surface area contributed by atoms with E-state index in [1.165, 1.54) is 6.07 Å². The molecule has 4 N–H and O–H groups in total. The quantitative estimate of drug-likeness (QED) is 0.307. The number of nitrogens with one attached hydrogen (secondary N) is 2. The van der Waals surface area contributed by atoms with Gasteiger partial charge in [0.1, 0.15) is 0 Å². The Hall–Kier alpha value is -3.04. The van der Waals surface area contributed by atoms with Crippen molar-refractivity contribution in [3.63, 3.8) is 0 Å². The third-order valence-corrected chi connectivity index (χ3v) is 8.77. The van der Waals surface area contributed by atoms with E-state index < -0.39 is 39.7 Å². The van der Waals surface area contributed by atoms with Crippen LogP contribution >= 0.6 is 0 Å². The van der Waals surface area contributed by atoms with E-state index in [2.05, 4.69) is 10.0 Å². The molecule has 0 radical (unpaired) electrons. The van der Waals surface area contributed by atoms with Gasteiger partial charge >= 0.3 is 0 Å². The first-order valence-electron chi connectivity index (χ1n) is 13.3. The van der Waals surface area contributed by atoms with Gasteiger partial charge in [0.15, 0.2) is 0 Å². The average Bonchev–Trinajstić information content (AvgIpc) is 3.18. The summed E-state index contributed by atoms with van der Waals surface area (Å²) in [5, 5.41) is 24.8. The molecule has 0 aliphatic heterocycles. The standard InChI is InChI=1S/C31H38N2O5S/c1-31(2,3)33-39(37,38)28-16-10-8-14-23(28)18-25(34)19-24(17-21-11-5-4-6-12-21)30(36)32-29-26-15-9-7-13-22(26)20-27(29)35/h4-16,24-25,27,29,33-35H,17-20H2,1-3H3,(H,32,36)/t24-,25+,27+,29?/m0/s1. The predicted octanol–water partition coefficient (Wildman–Crippen LogP) is 3.69. The molecule has 3 aromatic rings. The molecule has 4 atom stereocenters. The fraction of sp³-hybridized carbons (Fsp3) is 0.387. The lowest BCUT2D eigenvalue weighted by molar-refractivity contribution is -0.127. The second-order valence-electron chi connectivity index (χ2n) is 11.4. The maximum Gasteiger partial charge on any atom is 0.241 e. The lowest BCUT2D eigenvalue weighted by Crippen LogP contribution is -2.41. The van der Waals surface area contributed by atoms with Crippen LogP contribution in [-0.2, 0) is 34.1 Å². The third kappa shape index (κ3) is 7.54. The predicted molar refractivity (Wildman–Crippen MR) is 152 cm³/mol. The highest BCUT2D eigenvalue weighted by Crippen LogP contribution is 2.32. The van der Waals surface area contributed by atoms with Gasteiger partial charge in [-0.1, -0.05) is 72.8 Å². The van der Waals surface area contributed by atoms with Crippen molar-refractivity contribution in [3.8, 4) is 0 Å². The van der Waals surface area contributed by atoms with Crippen molar-refractivity contribution in [2.24, 2.45) is 5.92 Å². The van der Waals surface area contributed by atoms with E-state index in [-0.39, 0.29) is 23.6 Å². The molecule has 1 amide bonds. The highest BCUT2D eigenvalue weighted by molar-refractivity contribution is 7.89. The Balaban J connectivity index is 1.53. The highest BCUT2D eigenvalue weighted by atomic mass is 32.2. The molecule has 1 aliphatic carbocycles. The first kappa shape index (κ1) is 29.0. The monoisotopic (exact) mass is 550 g/mol. The van der Waals surface area contributed by atoms with Gasteiger partial charge in [0, 0.05) is 17.9 Å². The van der Waals surface area contributed by atoms with Gasteiger partial charge < -0.3 is 15.5 Å². The minimum atomic E-state index is -3.81. The largest absolute Gasteiger partial charge is 0.393 e. The van der Waals surface area contributed by atoms with Crippen LogP contribution in [0.3, 0.4) is 0 Å². The minimum absolute atomic E-state index is 0.0781. The summed E-state index contributed by atoms with van der Waals surface area (Å²) in [4.78, 5) is 13.7. The maximum absolute atomic E-state index is 13.6. The van der Waals surface area contributed by atoms with Gasteiger partial charge in [0.05, 0.1) is 23.1 Å². The number of aliphatic hydroxyl groups is 2. The molecule has 0 bridgehead atoms. The molecule has 4 rings (SSSR count). The zero-order valence-corrected chi connectivity index (χ0v) is 23.5. The second kappa shape index (κ2) is 12.0. The summed E-state index contributed by atoms with van der Waals surface area (Å²) in [6.07, 6.45) is -0.598. The first-order valence-corrected chi connectivity index (χ1v) is 14.8. The lowest BCUT2D eigenvalue weighted by atomic mass is 9.90. The third-order valence-electron chi connectivity index (χ3n) is 6.91. The van der Waals surface area contributed by atoms with E-state index >= 15 is 0 Å². The number of carbonyl (C=O) groups is 1. The second-order valence-corrected chi connectivity index (χ2v) is 13.1. The number of hydrogen-bond acceptors (Lipinski definition) is 5. The molecule has 8 heteroatoms.